The number of esters is 1. The summed E-state index contributed by atoms with van der Waals surface area (Å²) in [6.45, 7) is 4.31. The van der Waals surface area contributed by atoms with Crippen molar-refractivity contribution in [1.29, 1.82) is 0 Å². The second-order valence-corrected chi connectivity index (χ2v) is 7.10. The van der Waals surface area contributed by atoms with E-state index < -0.39 is 5.97 Å². The van der Waals surface area contributed by atoms with Crippen molar-refractivity contribution in [2.24, 2.45) is 0 Å². The number of methoxy groups -OCH3 is 2. The molecule has 1 aromatic carbocycles. The van der Waals surface area contributed by atoms with Gasteiger partial charge in [-0.15, -0.1) is 0 Å². The van der Waals surface area contributed by atoms with Crippen LogP contribution < -0.4 is 4.98 Å². The lowest BCUT2D eigenvalue weighted by Gasteiger charge is -2.09. The summed E-state index contributed by atoms with van der Waals surface area (Å²) in [6, 6.07) is 3.89. The van der Waals surface area contributed by atoms with E-state index in [1.165, 1.54) is 0 Å². The molecule has 0 spiro atoms. The lowest BCUT2D eigenvalue weighted by Crippen LogP contribution is -2.24. The fourth-order valence-corrected chi connectivity index (χ4v) is 3.55. The Bertz CT molecular complexity index is 1220. The summed E-state index contributed by atoms with van der Waals surface area (Å²) in [7, 11) is 3.23. The fourth-order valence-electron chi connectivity index (χ4n) is 3.55. The van der Waals surface area contributed by atoms with Crippen LogP contribution in [0.5, 0.6) is 0 Å². The van der Waals surface area contributed by atoms with Gasteiger partial charge >= 0.3 is 5.97 Å². The molecule has 0 aliphatic heterocycles. The lowest BCUT2D eigenvalue weighted by atomic mass is 10.0. The predicted octanol–water partition coefficient (Wildman–Crippen LogP) is 2.94. The first kappa shape index (κ1) is 19.2. The molecule has 0 amide bonds. The van der Waals surface area contributed by atoms with Crippen LogP contribution in [0.2, 0.25) is 0 Å². The van der Waals surface area contributed by atoms with Crippen molar-refractivity contribution >= 4 is 38.8 Å². The molecule has 3 aromatic heterocycles. The van der Waals surface area contributed by atoms with Crippen molar-refractivity contribution < 1.29 is 24.0 Å². The van der Waals surface area contributed by atoms with Crippen LogP contribution in [0.25, 0.3) is 32.8 Å². The van der Waals surface area contributed by atoms with E-state index in [1.54, 1.807) is 26.6 Å². The number of carbonyl (C=O) groups is 1. The van der Waals surface area contributed by atoms with Gasteiger partial charge in [-0.1, -0.05) is 0 Å². The van der Waals surface area contributed by atoms with Crippen LogP contribution in [0.3, 0.4) is 0 Å². The number of aromatic amines is 2. The summed E-state index contributed by atoms with van der Waals surface area (Å²) in [4.78, 5) is 28.4. The Morgan fingerprint density at radius 2 is 1.93 bits per heavy atom. The zero-order valence-corrected chi connectivity index (χ0v) is 16.8. The highest BCUT2D eigenvalue weighted by atomic mass is 16.5. The minimum atomic E-state index is -0.426. The van der Waals surface area contributed by atoms with Crippen molar-refractivity contribution in [2.75, 3.05) is 14.2 Å². The Morgan fingerprint density at radius 1 is 1.14 bits per heavy atom. The Hall–Kier alpha value is -3.10. The molecule has 150 valence electrons. The fraction of sp³-hybridized carbons (Fsp3) is 0.333. The third kappa shape index (κ3) is 3.41. The number of hydrogen-bond acceptors (Lipinski definition) is 6. The number of ether oxygens (including phenoxy) is 3. The van der Waals surface area contributed by atoms with Gasteiger partial charge in [0.25, 0.3) is 5.69 Å². The molecule has 0 bridgehead atoms. The average molecular weight is 395 g/mol. The molecule has 0 radical (unpaired) electrons. The standard InChI is InChI=1S/C21H22N4O4/c1-11(2)29-21(26)19-13(10-28-4)17-16(8-23-19)25-14-5-6-15-20(18(14)17)22-7-12(24-15)9-27-3/h5-8,11,24H,9-10H2,1-4H3/p+1. The van der Waals surface area contributed by atoms with Gasteiger partial charge in [-0.05, 0) is 26.0 Å². The minimum absolute atomic E-state index is 0.229. The molecule has 0 fully saturated rings. The van der Waals surface area contributed by atoms with Gasteiger partial charge in [0.15, 0.2) is 6.20 Å². The van der Waals surface area contributed by atoms with E-state index in [0.717, 1.165) is 38.5 Å². The number of rotatable bonds is 6. The Morgan fingerprint density at radius 3 is 2.66 bits per heavy atom. The van der Waals surface area contributed by atoms with Crippen molar-refractivity contribution in [2.45, 2.75) is 33.2 Å². The maximum absolute atomic E-state index is 12.7. The summed E-state index contributed by atoms with van der Waals surface area (Å²) < 4.78 is 16.0. The molecule has 4 aromatic rings. The van der Waals surface area contributed by atoms with Gasteiger partial charge in [-0.2, -0.15) is 0 Å². The van der Waals surface area contributed by atoms with Crippen LogP contribution in [0.15, 0.2) is 24.5 Å². The van der Waals surface area contributed by atoms with Crippen LogP contribution in [0.4, 0.5) is 0 Å². The first-order valence-corrected chi connectivity index (χ1v) is 9.36. The second kappa shape index (κ2) is 7.73. The van der Waals surface area contributed by atoms with E-state index in [1.807, 2.05) is 26.0 Å². The van der Waals surface area contributed by atoms with Crippen molar-refractivity contribution in [3.05, 3.63) is 41.5 Å². The molecule has 8 heteroatoms. The van der Waals surface area contributed by atoms with E-state index in [9.17, 15) is 4.79 Å². The number of H-pyrrole nitrogens is 2. The molecule has 4 rings (SSSR count). The average Bonchev–Trinajstić information content (AvgIpc) is 3.07. The molecule has 0 unspecified atom stereocenters. The third-order valence-electron chi connectivity index (χ3n) is 4.64. The van der Waals surface area contributed by atoms with Gasteiger partial charge in [-0.3, -0.25) is 4.98 Å². The quantitative estimate of drug-likeness (QED) is 0.504. The van der Waals surface area contributed by atoms with Gasteiger partial charge in [0.1, 0.15) is 5.52 Å². The monoisotopic (exact) mass is 395 g/mol. The number of hydrogen-bond donors (Lipinski definition) is 1. The van der Waals surface area contributed by atoms with Crippen LogP contribution in [-0.4, -0.2) is 41.2 Å². The van der Waals surface area contributed by atoms with E-state index in [-0.39, 0.29) is 12.7 Å². The van der Waals surface area contributed by atoms with E-state index in [4.69, 9.17) is 19.2 Å². The van der Waals surface area contributed by atoms with E-state index in [2.05, 4.69) is 15.0 Å². The molecule has 0 aliphatic rings. The zero-order chi connectivity index (χ0) is 20.5. The SMILES string of the molecule is COCc1cnc2c(ccc3nc4c[nH+]c(C(=O)OC(C)C)c(COC)c4c32)[nH]1. The number of pyridine rings is 1. The molecule has 0 atom stereocenters. The summed E-state index contributed by atoms with van der Waals surface area (Å²) in [5, 5.41) is 1.71. The molecular formula is C21H23N4O4+. The van der Waals surface area contributed by atoms with E-state index >= 15 is 0 Å². The number of nitrogens with zero attached hydrogens (tertiary/aromatic N) is 2. The highest BCUT2D eigenvalue weighted by Crippen LogP contribution is 2.33. The molecule has 29 heavy (non-hydrogen) atoms. The molecular weight excluding hydrogens is 372 g/mol. The summed E-state index contributed by atoms with van der Waals surface area (Å²) in [5.41, 5.74) is 5.11. The summed E-state index contributed by atoms with van der Waals surface area (Å²) >= 11 is 0. The number of benzene rings is 1. The highest BCUT2D eigenvalue weighted by molar-refractivity contribution is 6.19. The molecule has 3 heterocycles. The Balaban J connectivity index is 2.03. The Kier molecular flexibility index (Phi) is 5.12. The van der Waals surface area contributed by atoms with Gasteiger partial charge in [-0.25, -0.2) is 14.8 Å². The molecule has 0 aliphatic carbocycles. The number of nitrogens with one attached hydrogen (secondary N) is 2. The first-order chi connectivity index (χ1) is 14.0. The maximum atomic E-state index is 12.7. The zero-order valence-electron chi connectivity index (χ0n) is 16.8. The number of aromatic nitrogens is 4. The number of carbonyl (C=O) groups excluding carboxylic acids is 1. The largest absolute Gasteiger partial charge is 0.455 e. The van der Waals surface area contributed by atoms with Crippen molar-refractivity contribution in [3.63, 3.8) is 0 Å². The van der Waals surface area contributed by atoms with Crippen LogP contribution in [0.1, 0.15) is 35.6 Å². The van der Waals surface area contributed by atoms with Gasteiger partial charge < -0.3 is 19.2 Å². The highest BCUT2D eigenvalue weighted by Gasteiger charge is 2.27. The minimum Gasteiger partial charge on any atom is -0.455 e. The van der Waals surface area contributed by atoms with Crippen LogP contribution in [0, 0.1) is 0 Å². The third-order valence-corrected chi connectivity index (χ3v) is 4.64. The number of fused-ring (bicyclic) bond motifs is 5. The summed E-state index contributed by atoms with van der Waals surface area (Å²) in [5.74, 6) is -0.426. The Labute approximate surface area is 167 Å². The van der Waals surface area contributed by atoms with Gasteiger partial charge in [0.05, 0.1) is 47.1 Å². The normalized spacial score (nSPS) is 11.8. The lowest BCUT2D eigenvalue weighted by molar-refractivity contribution is -0.382. The second-order valence-electron chi connectivity index (χ2n) is 7.10. The molecule has 0 saturated heterocycles. The first-order valence-electron chi connectivity index (χ1n) is 9.36. The van der Waals surface area contributed by atoms with Crippen molar-refractivity contribution in [1.82, 2.24) is 15.0 Å². The molecule has 2 N–H and O–H groups in total. The molecule has 8 nitrogen and oxygen atoms in total. The topological polar surface area (TPSA) is 100 Å². The predicted molar refractivity (Wildman–Crippen MR) is 107 cm³/mol. The summed E-state index contributed by atoms with van der Waals surface area (Å²) in [6.07, 6.45) is 3.25. The smallest absolute Gasteiger partial charge is 0.404 e. The maximum Gasteiger partial charge on any atom is 0.404 e. The van der Waals surface area contributed by atoms with Gasteiger partial charge in [0.2, 0.25) is 0 Å². The van der Waals surface area contributed by atoms with Crippen LogP contribution in [-0.2, 0) is 27.4 Å². The van der Waals surface area contributed by atoms with Crippen LogP contribution >= 0.6 is 0 Å². The van der Waals surface area contributed by atoms with Crippen molar-refractivity contribution in [3.8, 4) is 0 Å². The molecule has 0 saturated carbocycles. The van der Waals surface area contributed by atoms with E-state index in [0.29, 0.717) is 17.9 Å². The van der Waals surface area contributed by atoms with Gasteiger partial charge in [0, 0.05) is 31.2 Å².